The molecule has 0 amide bonds. The van der Waals surface area contributed by atoms with E-state index in [2.05, 4.69) is 24.0 Å². The summed E-state index contributed by atoms with van der Waals surface area (Å²) >= 11 is 0. The molecule has 1 aliphatic rings. The zero-order chi connectivity index (χ0) is 21.6. The zero-order valence-corrected chi connectivity index (χ0v) is 18.0. The molecule has 0 saturated carbocycles. The molecule has 3 aromatic carbocycles. The van der Waals surface area contributed by atoms with Gasteiger partial charge in [-0.05, 0) is 61.2 Å². The van der Waals surface area contributed by atoms with Crippen LogP contribution >= 0.6 is 0 Å². The Hall–Kier alpha value is -3.35. The fourth-order valence-electron chi connectivity index (χ4n) is 4.31. The normalized spacial score (nSPS) is 14.6. The molecule has 1 aliphatic heterocycles. The molecule has 1 N–H and O–H groups in total. The second-order valence-electron chi connectivity index (χ2n) is 8.26. The van der Waals surface area contributed by atoms with E-state index in [1.54, 1.807) is 0 Å². The molecule has 3 heteroatoms. The average Bonchev–Trinajstić information content (AvgIpc) is 2.81. The van der Waals surface area contributed by atoms with Crippen molar-refractivity contribution >= 4 is 12.2 Å². The van der Waals surface area contributed by atoms with Gasteiger partial charge < -0.3 is 5.11 Å². The van der Waals surface area contributed by atoms with E-state index >= 15 is 0 Å². The molecule has 156 valence electrons. The van der Waals surface area contributed by atoms with Crippen LogP contribution < -0.4 is 0 Å². The van der Waals surface area contributed by atoms with Crippen LogP contribution in [0.4, 0.5) is 0 Å². The van der Waals surface area contributed by atoms with Crippen molar-refractivity contribution in [3.63, 3.8) is 0 Å². The van der Waals surface area contributed by atoms with Crippen LogP contribution in [0.15, 0.2) is 60.7 Å². The molecular weight excluding hydrogens is 380 g/mol. The molecule has 3 aromatic rings. The first-order chi connectivity index (χ1) is 15.2. The van der Waals surface area contributed by atoms with Gasteiger partial charge >= 0.3 is 0 Å². The van der Waals surface area contributed by atoms with Crippen LogP contribution in [-0.2, 0) is 6.54 Å². The summed E-state index contributed by atoms with van der Waals surface area (Å²) < 4.78 is 0. The van der Waals surface area contributed by atoms with Crippen molar-refractivity contribution in [1.82, 2.24) is 4.90 Å². The number of aryl methyl sites for hydroxylation is 1. The molecular formula is C28H28N2O. The number of aromatic hydroxyl groups is 1. The fourth-order valence-corrected chi connectivity index (χ4v) is 4.31. The highest BCUT2D eigenvalue weighted by atomic mass is 16.3. The molecule has 0 radical (unpaired) electrons. The van der Waals surface area contributed by atoms with Gasteiger partial charge in [0.05, 0.1) is 5.56 Å². The van der Waals surface area contributed by atoms with Crippen molar-refractivity contribution in [2.75, 3.05) is 13.1 Å². The number of piperidine rings is 1. The number of hydrogen-bond donors (Lipinski definition) is 1. The Morgan fingerprint density at radius 3 is 2.42 bits per heavy atom. The van der Waals surface area contributed by atoms with Crippen LogP contribution in [-0.4, -0.2) is 23.1 Å². The Morgan fingerprint density at radius 2 is 1.68 bits per heavy atom. The summed E-state index contributed by atoms with van der Waals surface area (Å²) in [7, 11) is 0. The Labute approximate surface area is 184 Å². The molecule has 0 atom stereocenters. The maximum Gasteiger partial charge on any atom is 0.120 e. The second-order valence-corrected chi connectivity index (χ2v) is 8.26. The lowest BCUT2D eigenvalue weighted by Crippen LogP contribution is -2.29. The van der Waals surface area contributed by atoms with Crippen molar-refractivity contribution in [2.24, 2.45) is 0 Å². The Bertz CT molecular complexity index is 1120. The standard InChI is InChI=1S/C28H28N2O/c1-21-17-25(20-30-15-6-3-7-16-30)28(31)18-24(21)14-13-23-11-8-12-26(27(23)19-29)22-9-4-2-5-10-22/h2,4-5,8-14,17-18,31H,3,6-7,15-16,20H2,1H3/b14-13+. The van der Waals surface area contributed by atoms with Gasteiger partial charge in [-0.25, -0.2) is 0 Å². The van der Waals surface area contributed by atoms with E-state index in [0.29, 0.717) is 11.3 Å². The van der Waals surface area contributed by atoms with Gasteiger partial charge in [-0.3, -0.25) is 4.90 Å². The molecule has 0 spiro atoms. The third-order valence-corrected chi connectivity index (χ3v) is 6.05. The minimum Gasteiger partial charge on any atom is -0.508 e. The molecule has 1 heterocycles. The highest BCUT2D eigenvalue weighted by Gasteiger charge is 2.14. The molecule has 0 unspecified atom stereocenters. The quantitative estimate of drug-likeness (QED) is 0.497. The predicted octanol–water partition coefficient (Wildman–Crippen LogP) is 6.40. The van der Waals surface area contributed by atoms with E-state index in [4.69, 9.17) is 0 Å². The van der Waals surface area contributed by atoms with Crippen LogP contribution in [0.2, 0.25) is 0 Å². The number of nitriles is 1. The van der Waals surface area contributed by atoms with Crippen LogP contribution in [0.1, 0.15) is 47.1 Å². The van der Waals surface area contributed by atoms with Gasteiger partial charge in [0.2, 0.25) is 0 Å². The maximum atomic E-state index is 10.6. The van der Waals surface area contributed by atoms with Crippen molar-refractivity contribution in [2.45, 2.75) is 32.7 Å². The van der Waals surface area contributed by atoms with Crippen molar-refractivity contribution < 1.29 is 5.11 Å². The van der Waals surface area contributed by atoms with E-state index in [1.165, 1.54) is 19.3 Å². The second kappa shape index (κ2) is 9.64. The summed E-state index contributed by atoms with van der Waals surface area (Å²) in [5.74, 6) is 0.342. The Balaban J connectivity index is 1.60. The molecule has 0 aliphatic carbocycles. The van der Waals surface area contributed by atoms with Crippen LogP contribution in [0.5, 0.6) is 5.75 Å². The third kappa shape index (κ3) is 4.87. The highest BCUT2D eigenvalue weighted by molar-refractivity contribution is 5.81. The van der Waals surface area contributed by atoms with Crippen molar-refractivity contribution in [1.29, 1.82) is 5.26 Å². The molecule has 1 fully saturated rings. The molecule has 31 heavy (non-hydrogen) atoms. The summed E-state index contributed by atoms with van der Waals surface area (Å²) in [6.45, 7) is 5.09. The first-order valence-corrected chi connectivity index (χ1v) is 11.0. The lowest BCUT2D eigenvalue weighted by Gasteiger charge is -2.27. The molecule has 0 aromatic heterocycles. The number of nitrogens with zero attached hydrogens (tertiary/aromatic N) is 2. The van der Waals surface area contributed by atoms with Crippen LogP contribution in [0.3, 0.4) is 0 Å². The van der Waals surface area contributed by atoms with Crippen molar-refractivity contribution in [3.8, 4) is 22.9 Å². The van der Waals surface area contributed by atoms with E-state index < -0.39 is 0 Å². The van der Waals surface area contributed by atoms with Gasteiger partial charge in [-0.15, -0.1) is 0 Å². The average molecular weight is 409 g/mol. The van der Waals surface area contributed by atoms with Crippen LogP contribution in [0, 0.1) is 18.3 Å². The number of hydrogen-bond acceptors (Lipinski definition) is 3. The van der Waals surface area contributed by atoms with Gasteiger partial charge in [0.1, 0.15) is 11.8 Å². The zero-order valence-electron chi connectivity index (χ0n) is 18.0. The topological polar surface area (TPSA) is 47.3 Å². The molecule has 1 saturated heterocycles. The first-order valence-electron chi connectivity index (χ1n) is 11.0. The summed E-state index contributed by atoms with van der Waals surface area (Å²) in [6, 6.07) is 22.2. The van der Waals surface area contributed by atoms with Gasteiger partial charge in [0.15, 0.2) is 0 Å². The SMILES string of the molecule is Cc1cc(CN2CCCCC2)c(O)cc1/C=C/c1cccc(-c2ccccc2)c1C#N. The third-order valence-electron chi connectivity index (χ3n) is 6.05. The van der Waals surface area contributed by atoms with E-state index in [0.717, 1.165) is 53.0 Å². The number of phenols is 1. The van der Waals surface area contributed by atoms with Gasteiger partial charge in [-0.1, -0.05) is 73.2 Å². The minimum atomic E-state index is 0.342. The van der Waals surface area contributed by atoms with Crippen molar-refractivity contribution in [3.05, 3.63) is 88.5 Å². The Morgan fingerprint density at radius 1 is 0.935 bits per heavy atom. The summed E-state index contributed by atoms with van der Waals surface area (Å²) in [5.41, 5.74) is 6.58. The summed E-state index contributed by atoms with van der Waals surface area (Å²) in [6.07, 6.45) is 7.75. The number of phenolic OH excluding ortho intramolecular Hbond substituents is 1. The lowest BCUT2D eigenvalue weighted by atomic mass is 9.95. The lowest BCUT2D eigenvalue weighted by molar-refractivity contribution is 0.218. The Kier molecular flexibility index (Phi) is 6.50. The number of likely N-dealkylation sites (tertiary alicyclic amines) is 1. The molecule has 0 bridgehead atoms. The minimum absolute atomic E-state index is 0.342. The maximum absolute atomic E-state index is 10.6. The number of rotatable bonds is 5. The van der Waals surface area contributed by atoms with E-state index in [1.807, 2.05) is 66.7 Å². The van der Waals surface area contributed by atoms with Gasteiger partial charge in [0.25, 0.3) is 0 Å². The highest BCUT2D eigenvalue weighted by Crippen LogP contribution is 2.29. The van der Waals surface area contributed by atoms with Gasteiger partial charge in [-0.2, -0.15) is 5.26 Å². The summed E-state index contributed by atoms with van der Waals surface area (Å²) in [4.78, 5) is 2.42. The van der Waals surface area contributed by atoms with E-state index in [-0.39, 0.29) is 0 Å². The number of benzene rings is 3. The van der Waals surface area contributed by atoms with E-state index in [9.17, 15) is 10.4 Å². The first kappa shape index (κ1) is 20.9. The summed E-state index contributed by atoms with van der Waals surface area (Å²) in [5, 5.41) is 20.4. The molecule has 3 nitrogen and oxygen atoms in total. The van der Waals surface area contributed by atoms with Gasteiger partial charge in [0, 0.05) is 17.7 Å². The monoisotopic (exact) mass is 408 g/mol. The largest absolute Gasteiger partial charge is 0.508 e. The van der Waals surface area contributed by atoms with Crippen LogP contribution in [0.25, 0.3) is 23.3 Å². The fraction of sp³-hybridized carbons (Fsp3) is 0.250. The smallest absolute Gasteiger partial charge is 0.120 e. The predicted molar refractivity (Wildman–Crippen MR) is 127 cm³/mol. The molecule has 4 rings (SSSR count).